The van der Waals surface area contributed by atoms with E-state index in [0.717, 1.165) is 37.8 Å². The van der Waals surface area contributed by atoms with Gasteiger partial charge in [0.1, 0.15) is 11.6 Å². The maximum absolute atomic E-state index is 13.1. The molecule has 2 aromatic heterocycles. The Kier molecular flexibility index (Phi) is 5.36. The molecular formula is C17H22F3N5O. The molecule has 0 bridgehead atoms. The van der Waals surface area contributed by atoms with Crippen molar-refractivity contribution in [2.45, 2.75) is 25.1 Å². The average Bonchev–Trinajstić information content (AvgIpc) is 3.28. The van der Waals surface area contributed by atoms with Crippen molar-refractivity contribution in [1.82, 2.24) is 14.9 Å². The van der Waals surface area contributed by atoms with Gasteiger partial charge in [-0.3, -0.25) is 4.90 Å². The fourth-order valence-corrected chi connectivity index (χ4v) is 3.02. The van der Waals surface area contributed by atoms with Crippen molar-refractivity contribution in [2.24, 2.45) is 0 Å². The maximum Gasteiger partial charge on any atom is 0.433 e. The molecule has 1 N–H and O–H groups in total. The Morgan fingerprint density at radius 1 is 1.27 bits per heavy atom. The molecule has 9 heteroatoms. The molecule has 0 saturated carbocycles. The number of hydrogen-bond donors (Lipinski definition) is 1. The summed E-state index contributed by atoms with van der Waals surface area (Å²) in [7, 11) is 3.28. The van der Waals surface area contributed by atoms with Gasteiger partial charge < -0.3 is 14.6 Å². The summed E-state index contributed by atoms with van der Waals surface area (Å²) in [6, 6.07) is 4.55. The van der Waals surface area contributed by atoms with Crippen LogP contribution < -0.4 is 10.2 Å². The van der Waals surface area contributed by atoms with Gasteiger partial charge in [0.15, 0.2) is 5.69 Å². The largest absolute Gasteiger partial charge is 0.468 e. The molecule has 1 aliphatic rings. The van der Waals surface area contributed by atoms with E-state index >= 15 is 0 Å². The van der Waals surface area contributed by atoms with E-state index in [2.05, 4.69) is 20.2 Å². The van der Waals surface area contributed by atoms with Crippen LogP contribution in [0.2, 0.25) is 0 Å². The molecule has 26 heavy (non-hydrogen) atoms. The Morgan fingerprint density at radius 3 is 2.58 bits per heavy atom. The summed E-state index contributed by atoms with van der Waals surface area (Å²) >= 11 is 0. The molecule has 0 spiro atoms. The molecule has 3 heterocycles. The van der Waals surface area contributed by atoms with Crippen LogP contribution in [0.25, 0.3) is 0 Å². The first-order chi connectivity index (χ1) is 12.3. The lowest BCUT2D eigenvalue weighted by Gasteiger charge is -2.26. The topological polar surface area (TPSA) is 57.4 Å². The highest BCUT2D eigenvalue weighted by atomic mass is 19.4. The monoisotopic (exact) mass is 369 g/mol. The number of hydrogen-bond acceptors (Lipinski definition) is 6. The van der Waals surface area contributed by atoms with E-state index in [1.807, 2.05) is 12.1 Å². The minimum atomic E-state index is -4.53. The fourth-order valence-electron chi connectivity index (χ4n) is 3.02. The van der Waals surface area contributed by atoms with Gasteiger partial charge in [-0.05, 0) is 38.1 Å². The molecule has 1 fully saturated rings. The zero-order chi connectivity index (χ0) is 18.7. The van der Waals surface area contributed by atoms with Crippen LogP contribution in [0.15, 0.2) is 28.9 Å². The first-order valence-corrected chi connectivity index (χ1v) is 8.49. The van der Waals surface area contributed by atoms with Crippen molar-refractivity contribution in [3.63, 3.8) is 0 Å². The number of likely N-dealkylation sites (tertiary alicyclic amines) is 1. The van der Waals surface area contributed by atoms with Crippen molar-refractivity contribution in [3.8, 4) is 0 Å². The van der Waals surface area contributed by atoms with Gasteiger partial charge in [-0.1, -0.05) is 0 Å². The van der Waals surface area contributed by atoms with Gasteiger partial charge >= 0.3 is 6.18 Å². The lowest BCUT2D eigenvalue weighted by molar-refractivity contribution is -0.141. The van der Waals surface area contributed by atoms with Crippen LogP contribution in [0.3, 0.4) is 0 Å². The summed E-state index contributed by atoms with van der Waals surface area (Å²) in [6.45, 7) is 2.22. The number of anilines is 2. The quantitative estimate of drug-likeness (QED) is 0.842. The Bertz CT molecular complexity index is 712. The summed E-state index contributed by atoms with van der Waals surface area (Å²) in [4.78, 5) is 11.6. The van der Waals surface area contributed by atoms with E-state index in [1.54, 1.807) is 20.4 Å². The Balaban J connectivity index is 1.81. The number of rotatable bonds is 6. The minimum Gasteiger partial charge on any atom is -0.468 e. The van der Waals surface area contributed by atoms with Crippen LogP contribution in [0.4, 0.5) is 24.9 Å². The highest BCUT2D eigenvalue weighted by Crippen LogP contribution is 2.31. The minimum absolute atomic E-state index is 0.0423. The lowest BCUT2D eigenvalue weighted by Crippen LogP contribution is -2.31. The van der Waals surface area contributed by atoms with E-state index in [1.165, 1.54) is 4.90 Å². The zero-order valence-corrected chi connectivity index (χ0v) is 14.8. The van der Waals surface area contributed by atoms with Gasteiger partial charge in [-0.25, -0.2) is 4.98 Å². The molecule has 6 nitrogen and oxygen atoms in total. The van der Waals surface area contributed by atoms with Crippen LogP contribution in [0.5, 0.6) is 0 Å². The van der Waals surface area contributed by atoms with Crippen molar-refractivity contribution in [1.29, 1.82) is 0 Å². The summed E-state index contributed by atoms with van der Waals surface area (Å²) in [5.74, 6) is 0.934. The normalized spacial score (nSPS) is 16.7. The van der Waals surface area contributed by atoms with E-state index in [9.17, 15) is 13.2 Å². The van der Waals surface area contributed by atoms with Gasteiger partial charge in [0.25, 0.3) is 0 Å². The standard InChI is InChI=1S/C17H22F3N5O/c1-24(2)15-10-14(17(18,19)20)22-16(23-15)21-11-12(13-6-5-9-26-13)25-7-3-4-8-25/h5-6,9-10,12H,3-4,7-8,11H2,1-2H3,(H,21,22,23). The summed E-state index contributed by atoms with van der Waals surface area (Å²) in [6.07, 6.45) is -0.729. The lowest BCUT2D eigenvalue weighted by atomic mass is 10.2. The van der Waals surface area contributed by atoms with E-state index in [0.29, 0.717) is 6.54 Å². The van der Waals surface area contributed by atoms with Gasteiger partial charge in [0.05, 0.1) is 12.3 Å². The van der Waals surface area contributed by atoms with Gasteiger partial charge in [-0.15, -0.1) is 0 Å². The zero-order valence-electron chi connectivity index (χ0n) is 14.8. The van der Waals surface area contributed by atoms with Crippen molar-refractivity contribution >= 4 is 11.8 Å². The summed E-state index contributed by atoms with van der Waals surface area (Å²) in [5.41, 5.74) is -0.963. The highest BCUT2D eigenvalue weighted by molar-refractivity contribution is 5.44. The number of furan rings is 1. The molecule has 1 aliphatic heterocycles. The predicted octanol–water partition coefficient (Wildman–Crippen LogP) is 3.40. The summed E-state index contributed by atoms with van der Waals surface area (Å²) in [5, 5.41) is 2.97. The molecule has 142 valence electrons. The molecule has 1 saturated heterocycles. The maximum atomic E-state index is 13.1. The molecule has 0 aromatic carbocycles. The highest BCUT2D eigenvalue weighted by Gasteiger charge is 2.34. The number of alkyl halides is 3. The third-order valence-corrected chi connectivity index (χ3v) is 4.37. The fraction of sp³-hybridized carbons (Fsp3) is 0.529. The molecule has 0 aliphatic carbocycles. The molecule has 1 atom stereocenters. The molecule has 0 radical (unpaired) electrons. The van der Waals surface area contributed by atoms with E-state index < -0.39 is 11.9 Å². The first-order valence-electron chi connectivity index (χ1n) is 8.49. The number of halogens is 3. The number of aromatic nitrogens is 2. The van der Waals surface area contributed by atoms with Crippen molar-refractivity contribution in [3.05, 3.63) is 35.9 Å². The van der Waals surface area contributed by atoms with Gasteiger partial charge in [0, 0.05) is 26.7 Å². The van der Waals surface area contributed by atoms with Crippen LogP contribution in [0, 0.1) is 0 Å². The second-order valence-electron chi connectivity index (χ2n) is 6.48. The number of nitrogens with zero attached hydrogens (tertiary/aromatic N) is 4. The van der Waals surface area contributed by atoms with Gasteiger partial charge in [-0.2, -0.15) is 18.2 Å². The Labute approximate surface area is 150 Å². The van der Waals surface area contributed by atoms with Gasteiger partial charge in [0.2, 0.25) is 5.95 Å². The van der Waals surface area contributed by atoms with Crippen LogP contribution in [0.1, 0.15) is 30.3 Å². The number of nitrogens with one attached hydrogen (secondary N) is 1. The molecule has 2 aromatic rings. The first kappa shape index (κ1) is 18.5. The SMILES string of the molecule is CN(C)c1cc(C(F)(F)F)nc(NCC(c2ccco2)N2CCCC2)n1. The second kappa shape index (κ2) is 7.53. The third-order valence-electron chi connectivity index (χ3n) is 4.37. The smallest absolute Gasteiger partial charge is 0.433 e. The third kappa shape index (κ3) is 4.27. The van der Waals surface area contributed by atoms with Crippen LogP contribution >= 0.6 is 0 Å². The molecule has 1 unspecified atom stereocenters. The molecular weight excluding hydrogens is 347 g/mol. The summed E-state index contributed by atoms with van der Waals surface area (Å²) < 4.78 is 44.9. The predicted molar refractivity (Wildman–Crippen MR) is 92.1 cm³/mol. The van der Waals surface area contributed by atoms with Crippen molar-refractivity contribution < 1.29 is 17.6 Å². The van der Waals surface area contributed by atoms with Crippen LogP contribution in [-0.2, 0) is 6.18 Å². The van der Waals surface area contributed by atoms with E-state index in [-0.39, 0.29) is 17.8 Å². The molecule has 3 rings (SSSR count). The Hall–Kier alpha value is -2.29. The Morgan fingerprint density at radius 2 is 2.00 bits per heavy atom. The van der Waals surface area contributed by atoms with Crippen molar-refractivity contribution in [2.75, 3.05) is 43.9 Å². The molecule has 0 amide bonds. The average molecular weight is 369 g/mol. The van der Waals surface area contributed by atoms with Crippen LogP contribution in [-0.4, -0.2) is 48.6 Å². The van der Waals surface area contributed by atoms with E-state index in [4.69, 9.17) is 4.42 Å². The second-order valence-corrected chi connectivity index (χ2v) is 6.48.